The van der Waals surface area contributed by atoms with Crippen LogP contribution < -0.4 is 0 Å². The lowest BCUT2D eigenvalue weighted by Crippen LogP contribution is -2.30. The average molecular weight is 1240 g/mol. The third-order valence-corrected chi connectivity index (χ3v) is 16.7. The molecule has 498 valence electrons. The predicted molar refractivity (Wildman–Crippen MR) is 335 cm³/mol. The topological polar surface area (TPSA) is 237 Å². The normalized spacial score (nSPS) is 14.4. The van der Waals surface area contributed by atoms with E-state index in [4.69, 9.17) is 37.0 Å². The number of hydrogen-bond acceptors (Lipinski definition) is 15. The van der Waals surface area contributed by atoms with Gasteiger partial charge in [0.1, 0.15) is 19.3 Å². The number of unbranched alkanes of at least 4 members (excludes halogenated alkanes) is 28. The Morgan fingerprint density at radius 3 is 0.738 bits per heavy atom. The van der Waals surface area contributed by atoms with Crippen LogP contribution in [0, 0.1) is 23.7 Å². The van der Waals surface area contributed by atoms with Gasteiger partial charge in [0, 0.05) is 25.7 Å². The summed E-state index contributed by atoms with van der Waals surface area (Å²) in [4.78, 5) is 72.2. The number of aliphatic hydroxyl groups is 1. The van der Waals surface area contributed by atoms with Gasteiger partial charge in [-0.05, 0) is 49.4 Å². The van der Waals surface area contributed by atoms with Gasteiger partial charge in [0.2, 0.25) is 0 Å². The van der Waals surface area contributed by atoms with Crippen LogP contribution in [-0.4, -0.2) is 96.7 Å². The molecule has 17 nitrogen and oxygen atoms in total. The zero-order valence-electron chi connectivity index (χ0n) is 54.5. The summed E-state index contributed by atoms with van der Waals surface area (Å²) in [6.07, 6.45) is 35.1. The monoisotopic (exact) mass is 1240 g/mol. The molecule has 0 radical (unpaired) electrons. The minimum Gasteiger partial charge on any atom is -0.462 e. The molecule has 0 aliphatic rings. The highest BCUT2D eigenvalue weighted by atomic mass is 31.2. The van der Waals surface area contributed by atoms with E-state index in [1.54, 1.807) is 0 Å². The Balaban J connectivity index is 5.23. The first kappa shape index (κ1) is 82.1. The Hall–Kier alpha value is -1.94. The highest BCUT2D eigenvalue weighted by molar-refractivity contribution is 7.47. The lowest BCUT2D eigenvalue weighted by atomic mass is 10.0. The first-order valence-electron chi connectivity index (χ1n) is 33.7. The Morgan fingerprint density at radius 1 is 0.298 bits per heavy atom. The number of carbonyl (C=O) groups excluding carboxylic acids is 4. The van der Waals surface area contributed by atoms with Crippen molar-refractivity contribution in [3.8, 4) is 0 Å². The summed E-state index contributed by atoms with van der Waals surface area (Å²) in [6, 6.07) is 0. The smallest absolute Gasteiger partial charge is 0.462 e. The second-order valence-electron chi connectivity index (χ2n) is 25.4. The molecule has 5 atom stereocenters. The maximum atomic E-state index is 13.0. The van der Waals surface area contributed by atoms with Crippen LogP contribution in [0.1, 0.15) is 312 Å². The third-order valence-electron chi connectivity index (χ3n) is 14.8. The van der Waals surface area contributed by atoms with Crippen molar-refractivity contribution in [1.29, 1.82) is 0 Å². The van der Waals surface area contributed by atoms with Gasteiger partial charge in [-0.3, -0.25) is 37.3 Å². The van der Waals surface area contributed by atoms with E-state index in [0.29, 0.717) is 37.5 Å². The average Bonchev–Trinajstić information content (AvgIpc) is 3.59. The third kappa shape index (κ3) is 59.0. The van der Waals surface area contributed by atoms with Crippen molar-refractivity contribution in [2.75, 3.05) is 39.6 Å². The summed E-state index contributed by atoms with van der Waals surface area (Å²) in [5.74, 6) is 0.728. The van der Waals surface area contributed by atoms with E-state index >= 15 is 0 Å². The molecule has 3 N–H and O–H groups in total. The first-order valence-corrected chi connectivity index (χ1v) is 36.7. The van der Waals surface area contributed by atoms with Crippen LogP contribution in [0.5, 0.6) is 0 Å². The molecule has 0 aliphatic carbocycles. The molecule has 0 bridgehead atoms. The van der Waals surface area contributed by atoms with Gasteiger partial charge in [-0.1, -0.05) is 261 Å². The van der Waals surface area contributed by atoms with Gasteiger partial charge in [-0.25, -0.2) is 9.13 Å². The summed E-state index contributed by atoms with van der Waals surface area (Å²) in [6.45, 7) is 13.9. The lowest BCUT2D eigenvalue weighted by molar-refractivity contribution is -0.161. The lowest BCUT2D eigenvalue weighted by Gasteiger charge is -2.21. The number of phosphoric ester groups is 2. The van der Waals surface area contributed by atoms with Gasteiger partial charge >= 0.3 is 39.5 Å². The van der Waals surface area contributed by atoms with E-state index in [0.717, 1.165) is 108 Å². The number of ether oxygens (including phenoxy) is 4. The van der Waals surface area contributed by atoms with Gasteiger partial charge in [0.25, 0.3) is 0 Å². The zero-order chi connectivity index (χ0) is 62.5. The predicted octanol–water partition coefficient (Wildman–Crippen LogP) is 17.8. The summed E-state index contributed by atoms with van der Waals surface area (Å²) in [5, 5.41) is 10.5. The molecule has 0 spiro atoms. The maximum Gasteiger partial charge on any atom is 0.472 e. The molecule has 0 amide bonds. The van der Waals surface area contributed by atoms with E-state index in [-0.39, 0.29) is 25.7 Å². The summed E-state index contributed by atoms with van der Waals surface area (Å²) >= 11 is 0. The number of esters is 4. The van der Waals surface area contributed by atoms with Crippen molar-refractivity contribution in [2.45, 2.75) is 331 Å². The highest BCUT2D eigenvalue weighted by Crippen LogP contribution is 2.45. The standard InChI is InChI=1S/C65H126O17P2/c1-55(2)41-33-25-17-12-9-10-14-20-29-37-45-62(67)75-52-61(82-65(70)48-40-32-24-23-28-36-44-58(7)8)54-80-84(73,74)78-50-59(66)49-77-83(71,72)79-53-60(51-76-63(68)46-38-30-22-16-19-27-35-43-57(5)6)81-64(69)47-39-31-21-15-11-13-18-26-34-42-56(3)4/h55-61,66H,9-54H2,1-8H3,(H,71,72)(H,73,74)/t59?,60-,61-/m1/s1. The summed E-state index contributed by atoms with van der Waals surface area (Å²) in [7, 11) is -9.89. The van der Waals surface area contributed by atoms with Crippen molar-refractivity contribution < 1.29 is 80.2 Å². The Bertz CT molecular complexity index is 1680. The minimum atomic E-state index is -4.95. The Labute approximate surface area is 511 Å². The van der Waals surface area contributed by atoms with Crippen LogP contribution in [0.15, 0.2) is 0 Å². The van der Waals surface area contributed by atoms with Crippen LogP contribution in [0.25, 0.3) is 0 Å². The quantitative estimate of drug-likeness (QED) is 0.0222. The molecule has 0 aromatic rings. The van der Waals surface area contributed by atoms with Crippen molar-refractivity contribution in [3.05, 3.63) is 0 Å². The molecule has 19 heteroatoms. The Morgan fingerprint density at radius 2 is 0.500 bits per heavy atom. The van der Waals surface area contributed by atoms with Crippen LogP contribution in [-0.2, 0) is 65.4 Å². The van der Waals surface area contributed by atoms with Crippen LogP contribution in [0.4, 0.5) is 0 Å². The molecule has 0 aromatic carbocycles. The van der Waals surface area contributed by atoms with Gasteiger partial charge in [-0.2, -0.15) is 0 Å². The van der Waals surface area contributed by atoms with Crippen molar-refractivity contribution in [1.82, 2.24) is 0 Å². The molecule has 0 heterocycles. The molecule has 0 aliphatic heterocycles. The second-order valence-corrected chi connectivity index (χ2v) is 28.3. The first-order chi connectivity index (χ1) is 40.1. The van der Waals surface area contributed by atoms with E-state index in [1.807, 2.05) is 0 Å². The highest BCUT2D eigenvalue weighted by Gasteiger charge is 2.30. The van der Waals surface area contributed by atoms with Crippen molar-refractivity contribution in [2.24, 2.45) is 23.7 Å². The number of phosphoric acid groups is 2. The fourth-order valence-corrected chi connectivity index (χ4v) is 11.2. The van der Waals surface area contributed by atoms with Crippen molar-refractivity contribution >= 4 is 39.5 Å². The largest absolute Gasteiger partial charge is 0.472 e. The zero-order valence-corrected chi connectivity index (χ0v) is 56.3. The van der Waals surface area contributed by atoms with E-state index in [9.17, 15) is 43.2 Å². The molecule has 0 saturated heterocycles. The summed E-state index contributed by atoms with van der Waals surface area (Å²) in [5.41, 5.74) is 0. The fraction of sp³-hybridized carbons (Fsp3) is 0.938. The van der Waals surface area contributed by atoms with Gasteiger partial charge < -0.3 is 33.8 Å². The maximum absolute atomic E-state index is 13.0. The van der Waals surface area contributed by atoms with Crippen LogP contribution in [0.2, 0.25) is 0 Å². The second kappa shape index (κ2) is 55.2. The molecule has 3 unspecified atom stereocenters. The van der Waals surface area contributed by atoms with E-state index < -0.39 is 97.5 Å². The van der Waals surface area contributed by atoms with E-state index in [1.165, 1.54) is 109 Å². The fourth-order valence-electron chi connectivity index (χ4n) is 9.61. The number of carbonyl (C=O) groups is 4. The van der Waals surface area contributed by atoms with E-state index in [2.05, 4.69) is 55.4 Å². The van der Waals surface area contributed by atoms with Gasteiger partial charge in [-0.15, -0.1) is 0 Å². The molecule has 0 rings (SSSR count). The van der Waals surface area contributed by atoms with Crippen LogP contribution in [0.3, 0.4) is 0 Å². The minimum absolute atomic E-state index is 0.101. The van der Waals surface area contributed by atoms with Gasteiger partial charge in [0.05, 0.1) is 26.4 Å². The molecule has 0 saturated carbocycles. The summed E-state index contributed by atoms with van der Waals surface area (Å²) < 4.78 is 68.0. The molecule has 84 heavy (non-hydrogen) atoms. The van der Waals surface area contributed by atoms with Crippen LogP contribution >= 0.6 is 15.6 Å². The van der Waals surface area contributed by atoms with Gasteiger partial charge in [0.15, 0.2) is 12.2 Å². The molecule has 0 aromatic heterocycles. The SMILES string of the molecule is CC(C)CCCCCCCCCCCCC(=O)OC[C@H](COP(=O)(O)OCC(O)COP(=O)(O)OC[C@@H](COC(=O)CCCCCCCCCC(C)C)OC(=O)CCCCCCCCCCCC(C)C)OC(=O)CCCCCCCCC(C)C. The molecular weight excluding hydrogens is 1110 g/mol. The number of hydrogen-bond donors (Lipinski definition) is 3. The number of rotatable bonds is 62. The van der Waals surface area contributed by atoms with Crippen molar-refractivity contribution in [3.63, 3.8) is 0 Å². The Kier molecular flexibility index (Phi) is 53.9. The number of aliphatic hydroxyl groups excluding tert-OH is 1. The molecular formula is C65H126O17P2. The molecule has 0 fully saturated rings.